The molecule has 0 spiro atoms. The zero-order chi connectivity index (χ0) is 8.81. The van der Waals surface area contributed by atoms with E-state index in [0.717, 1.165) is 6.04 Å². The van der Waals surface area contributed by atoms with Crippen LogP contribution in [0.15, 0.2) is 0 Å². The quantitative estimate of drug-likeness (QED) is 0.687. The van der Waals surface area contributed by atoms with Crippen LogP contribution in [0.25, 0.3) is 0 Å². The van der Waals surface area contributed by atoms with Crippen molar-refractivity contribution in [1.82, 2.24) is 10.2 Å². The third-order valence-electron chi connectivity index (χ3n) is 2.79. The molecule has 1 aliphatic rings. The molecule has 72 valence electrons. The summed E-state index contributed by atoms with van der Waals surface area (Å²) in [5, 5.41) is 3.58. The van der Waals surface area contributed by atoms with Gasteiger partial charge in [0.2, 0.25) is 0 Å². The van der Waals surface area contributed by atoms with E-state index < -0.39 is 0 Å². The minimum absolute atomic E-state index is 0.763. The van der Waals surface area contributed by atoms with Gasteiger partial charge in [-0.05, 0) is 32.5 Å². The van der Waals surface area contributed by atoms with E-state index in [1.54, 1.807) is 0 Å². The van der Waals surface area contributed by atoms with Crippen LogP contribution < -0.4 is 5.32 Å². The smallest absolute Gasteiger partial charge is 0.0195 e. The molecule has 0 radical (unpaired) electrons. The molecule has 0 saturated carbocycles. The number of hydrogen-bond acceptors (Lipinski definition) is 2. The molecule has 1 heterocycles. The summed E-state index contributed by atoms with van der Waals surface area (Å²) in [5.41, 5.74) is 0. The van der Waals surface area contributed by atoms with Gasteiger partial charge in [-0.2, -0.15) is 0 Å². The first-order valence-electron chi connectivity index (χ1n) is 5.32. The summed E-state index contributed by atoms with van der Waals surface area (Å²) < 4.78 is 0. The van der Waals surface area contributed by atoms with Crippen LogP contribution in [0.1, 0.15) is 33.1 Å². The maximum absolute atomic E-state index is 3.58. The molecule has 2 heteroatoms. The van der Waals surface area contributed by atoms with Gasteiger partial charge in [0.15, 0.2) is 0 Å². The lowest BCUT2D eigenvalue weighted by Gasteiger charge is -2.29. The van der Waals surface area contributed by atoms with Crippen molar-refractivity contribution < 1.29 is 0 Å². The third kappa shape index (κ3) is 3.11. The number of piperidine rings is 1. The standard InChI is InChI=1S/C10H22N2/c1-3-12(4-2)9-10-7-5-6-8-11-10/h10-11H,3-9H2,1-2H3/t10-/m1/s1. The largest absolute Gasteiger partial charge is 0.313 e. The molecule has 0 unspecified atom stereocenters. The van der Waals surface area contributed by atoms with Crippen LogP contribution in [0.2, 0.25) is 0 Å². The van der Waals surface area contributed by atoms with Crippen LogP contribution in [-0.2, 0) is 0 Å². The summed E-state index contributed by atoms with van der Waals surface area (Å²) in [7, 11) is 0. The molecule has 0 aromatic carbocycles. The van der Waals surface area contributed by atoms with Crippen molar-refractivity contribution in [2.75, 3.05) is 26.2 Å². The molecule has 2 nitrogen and oxygen atoms in total. The normalized spacial score (nSPS) is 24.8. The number of likely N-dealkylation sites (N-methyl/N-ethyl adjacent to an activating group) is 1. The van der Waals surface area contributed by atoms with Crippen molar-refractivity contribution in [1.29, 1.82) is 0 Å². The zero-order valence-electron chi connectivity index (χ0n) is 8.47. The second-order valence-electron chi connectivity index (χ2n) is 3.63. The summed E-state index contributed by atoms with van der Waals surface area (Å²) in [6.45, 7) is 9.33. The Balaban J connectivity index is 2.18. The number of hydrogen-bond donors (Lipinski definition) is 1. The lowest BCUT2D eigenvalue weighted by Crippen LogP contribution is -2.43. The van der Waals surface area contributed by atoms with Gasteiger partial charge < -0.3 is 10.2 Å². The van der Waals surface area contributed by atoms with Gasteiger partial charge in [0.25, 0.3) is 0 Å². The first-order chi connectivity index (χ1) is 5.86. The van der Waals surface area contributed by atoms with Gasteiger partial charge in [-0.15, -0.1) is 0 Å². The Hall–Kier alpha value is -0.0800. The van der Waals surface area contributed by atoms with Crippen LogP contribution in [0.5, 0.6) is 0 Å². The van der Waals surface area contributed by atoms with Gasteiger partial charge in [-0.1, -0.05) is 20.3 Å². The fraction of sp³-hybridized carbons (Fsp3) is 1.00. The van der Waals surface area contributed by atoms with E-state index >= 15 is 0 Å². The average molecular weight is 170 g/mol. The Labute approximate surface area is 76.3 Å². The van der Waals surface area contributed by atoms with Crippen molar-refractivity contribution >= 4 is 0 Å². The van der Waals surface area contributed by atoms with Crippen molar-refractivity contribution in [2.24, 2.45) is 0 Å². The van der Waals surface area contributed by atoms with Crippen LogP contribution in [0.4, 0.5) is 0 Å². The van der Waals surface area contributed by atoms with Crippen molar-refractivity contribution in [3.8, 4) is 0 Å². The predicted molar refractivity (Wildman–Crippen MR) is 53.4 cm³/mol. The van der Waals surface area contributed by atoms with Gasteiger partial charge in [0, 0.05) is 12.6 Å². The lowest BCUT2D eigenvalue weighted by molar-refractivity contribution is 0.243. The molecule has 1 saturated heterocycles. The van der Waals surface area contributed by atoms with Crippen LogP contribution in [0, 0.1) is 0 Å². The minimum Gasteiger partial charge on any atom is -0.313 e. The molecule has 0 aliphatic carbocycles. The number of rotatable bonds is 4. The maximum Gasteiger partial charge on any atom is 0.0195 e. The van der Waals surface area contributed by atoms with E-state index in [1.807, 2.05) is 0 Å². The van der Waals surface area contributed by atoms with E-state index in [4.69, 9.17) is 0 Å². The average Bonchev–Trinajstić information content (AvgIpc) is 2.16. The molecule has 0 aromatic rings. The Bertz CT molecular complexity index is 104. The van der Waals surface area contributed by atoms with E-state index in [1.165, 1.54) is 45.4 Å². The predicted octanol–water partition coefficient (Wildman–Crippen LogP) is 1.47. The van der Waals surface area contributed by atoms with Crippen molar-refractivity contribution in [3.63, 3.8) is 0 Å². The van der Waals surface area contributed by atoms with Gasteiger partial charge in [-0.3, -0.25) is 0 Å². The molecule has 12 heavy (non-hydrogen) atoms. The first kappa shape index (κ1) is 10.0. The maximum atomic E-state index is 3.58. The summed E-state index contributed by atoms with van der Waals surface area (Å²) in [6.07, 6.45) is 4.16. The topological polar surface area (TPSA) is 15.3 Å². The second kappa shape index (κ2) is 5.55. The van der Waals surface area contributed by atoms with Crippen molar-refractivity contribution in [3.05, 3.63) is 0 Å². The molecule has 0 amide bonds. The Kier molecular flexibility index (Phi) is 4.62. The van der Waals surface area contributed by atoms with Crippen molar-refractivity contribution in [2.45, 2.75) is 39.2 Å². The van der Waals surface area contributed by atoms with Crippen LogP contribution in [0.3, 0.4) is 0 Å². The number of nitrogens with zero attached hydrogens (tertiary/aromatic N) is 1. The second-order valence-corrected chi connectivity index (χ2v) is 3.63. The summed E-state index contributed by atoms with van der Waals surface area (Å²) in [6, 6.07) is 0.763. The minimum atomic E-state index is 0.763. The van der Waals surface area contributed by atoms with E-state index in [2.05, 4.69) is 24.1 Å². The van der Waals surface area contributed by atoms with E-state index in [0.29, 0.717) is 0 Å². The SMILES string of the molecule is CCN(CC)C[C@H]1CCCCN1. The van der Waals surface area contributed by atoms with Gasteiger partial charge in [0.05, 0.1) is 0 Å². The first-order valence-corrected chi connectivity index (χ1v) is 5.32. The van der Waals surface area contributed by atoms with Gasteiger partial charge in [0.1, 0.15) is 0 Å². The van der Waals surface area contributed by atoms with Gasteiger partial charge in [-0.25, -0.2) is 0 Å². The highest BCUT2D eigenvalue weighted by molar-refractivity contribution is 4.75. The summed E-state index contributed by atoms with van der Waals surface area (Å²) in [5.74, 6) is 0. The third-order valence-corrected chi connectivity index (χ3v) is 2.79. The molecule has 1 atom stereocenters. The molecule has 1 N–H and O–H groups in total. The molecular weight excluding hydrogens is 148 g/mol. The summed E-state index contributed by atoms with van der Waals surface area (Å²) in [4.78, 5) is 2.50. The molecule has 1 aliphatic heterocycles. The molecule has 0 aromatic heterocycles. The summed E-state index contributed by atoms with van der Waals surface area (Å²) >= 11 is 0. The van der Waals surface area contributed by atoms with Gasteiger partial charge >= 0.3 is 0 Å². The fourth-order valence-corrected chi connectivity index (χ4v) is 1.87. The Morgan fingerprint density at radius 2 is 2.00 bits per heavy atom. The molecule has 0 bridgehead atoms. The van der Waals surface area contributed by atoms with E-state index in [9.17, 15) is 0 Å². The fourth-order valence-electron chi connectivity index (χ4n) is 1.87. The lowest BCUT2D eigenvalue weighted by atomic mass is 10.0. The monoisotopic (exact) mass is 170 g/mol. The van der Waals surface area contributed by atoms with Crippen LogP contribution in [-0.4, -0.2) is 37.1 Å². The van der Waals surface area contributed by atoms with Crippen LogP contribution >= 0.6 is 0 Å². The highest BCUT2D eigenvalue weighted by Crippen LogP contribution is 2.07. The molecule has 1 fully saturated rings. The zero-order valence-corrected chi connectivity index (χ0v) is 8.47. The Morgan fingerprint density at radius 3 is 2.50 bits per heavy atom. The number of nitrogens with one attached hydrogen (secondary N) is 1. The molecule has 1 rings (SSSR count). The van der Waals surface area contributed by atoms with E-state index in [-0.39, 0.29) is 0 Å². The highest BCUT2D eigenvalue weighted by Gasteiger charge is 2.14. The highest BCUT2D eigenvalue weighted by atomic mass is 15.1. The Morgan fingerprint density at radius 1 is 1.25 bits per heavy atom. The molecular formula is C10H22N2.